The fourth-order valence-corrected chi connectivity index (χ4v) is 2.51. The van der Waals surface area contributed by atoms with Crippen molar-refractivity contribution < 1.29 is 17.9 Å². The highest BCUT2D eigenvalue weighted by Crippen LogP contribution is 2.35. The molecule has 1 aliphatic rings. The van der Waals surface area contributed by atoms with E-state index < -0.39 is 11.7 Å². The molecular formula is C14H17ClF3NO. The molecule has 2 nitrogen and oxygen atoms in total. The highest BCUT2D eigenvalue weighted by Gasteiger charge is 2.33. The summed E-state index contributed by atoms with van der Waals surface area (Å²) in [7, 11) is 0. The summed E-state index contributed by atoms with van der Waals surface area (Å²) in [6.07, 6.45) is -2.27. The van der Waals surface area contributed by atoms with Crippen molar-refractivity contribution in [2.45, 2.75) is 25.6 Å². The molecule has 0 spiro atoms. The molecular weight excluding hydrogens is 291 g/mol. The summed E-state index contributed by atoms with van der Waals surface area (Å²) in [4.78, 5) is 0. The van der Waals surface area contributed by atoms with Crippen LogP contribution in [0.2, 0.25) is 5.02 Å². The number of alkyl halides is 3. The second kappa shape index (κ2) is 6.78. The molecule has 1 aromatic carbocycles. The molecule has 112 valence electrons. The Balaban J connectivity index is 1.89. The smallest absolute Gasteiger partial charge is 0.381 e. The van der Waals surface area contributed by atoms with Gasteiger partial charge in [0, 0.05) is 19.7 Å². The van der Waals surface area contributed by atoms with E-state index >= 15 is 0 Å². The predicted molar refractivity (Wildman–Crippen MR) is 71.7 cm³/mol. The van der Waals surface area contributed by atoms with Crippen molar-refractivity contribution in [1.29, 1.82) is 0 Å². The molecule has 0 aromatic heterocycles. The minimum atomic E-state index is -4.41. The van der Waals surface area contributed by atoms with E-state index in [9.17, 15) is 13.2 Å². The van der Waals surface area contributed by atoms with Gasteiger partial charge in [-0.1, -0.05) is 17.7 Å². The Hall–Kier alpha value is -0.780. The number of nitrogens with one attached hydrogen (secondary N) is 1. The Morgan fingerprint density at radius 1 is 1.35 bits per heavy atom. The van der Waals surface area contributed by atoms with Crippen LogP contribution in [0.25, 0.3) is 0 Å². The van der Waals surface area contributed by atoms with Crippen molar-refractivity contribution in [2.24, 2.45) is 5.92 Å². The van der Waals surface area contributed by atoms with Crippen LogP contribution in [0.5, 0.6) is 0 Å². The summed E-state index contributed by atoms with van der Waals surface area (Å²) in [5, 5.41) is 2.92. The number of hydrogen-bond acceptors (Lipinski definition) is 2. The number of halogens is 4. The average Bonchev–Trinajstić information content (AvgIpc) is 2.40. The van der Waals surface area contributed by atoms with Gasteiger partial charge in [0.25, 0.3) is 0 Å². The first-order valence-corrected chi connectivity index (χ1v) is 6.98. The first kappa shape index (κ1) is 15.6. The SMILES string of the molecule is FC(F)(F)c1cc(CNCC2CCCOC2)ccc1Cl. The molecule has 0 aliphatic carbocycles. The van der Waals surface area contributed by atoms with Crippen LogP contribution in [0.3, 0.4) is 0 Å². The third kappa shape index (κ3) is 4.36. The van der Waals surface area contributed by atoms with Gasteiger partial charge in [-0.2, -0.15) is 13.2 Å². The zero-order chi connectivity index (χ0) is 14.6. The first-order chi connectivity index (χ1) is 9.47. The van der Waals surface area contributed by atoms with Crippen molar-refractivity contribution in [2.75, 3.05) is 19.8 Å². The van der Waals surface area contributed by atoms with Crippen LogP contribution in [-0.4, -0.2) is 19.8 Å². The van der Waals surface area contributed by atoms with Crippen LogP contribution in [0.15, 0.2) is 18.2 Å². The van der Waals surface area contributed by atoms with Crippen molar-refractivity contribution in [3.05, 3.63) is 34.3 Å². The summed E-state index contributed by atoms with van der Waals surface area (Å²) >= 11 is 5.58. The lowest BCUT2D eigenvalue weighted by molar-refractivity contribution is -0.137. The van der Waals surface area contributed by atoms with Gasteiger partial charge in [0.05, 0.1) is 17.2 Å². The first-order valence-electron chi connectivity index (χ1n) is 6.61. The lowest BCUT2D eigenvalue weighted by Gasteiger charge is -2.22. The molecule has 1 heterocycles. The lowest BCUT2D eigenvalue weighted by Crippen LogP contribution is -2.28. The summed E-state index contributed by atoms with van der Waals surface area (Å²) in [6, 6.07) is 4.01. The number of rotatable bonds is 4. The van der Waals surface area contributed by atoms with Crippen molar-refractivity contribution >= 4 is 11.6 Å². The van der Waals surface area contributed by atoms with Crippen molar-refractivity contribution in [3.8, 4) is 0 Å². The topological polar surface area (TPSA) is 21.3 Å². The van der Waals surface area contributed by atoms with Crippen LogP contribution < -0.4 is 5.32 Å². The van der Waals surface area contributed by atoms with E-state index in [0.29, 0.717) is 18.0 Å². The van der Waals surface area contributed by atoms with E-state index in [2.05, 4.69) is 5.32 Å². The molecule has 0 radical (unpaired) electrons. The Kier molecular flexibility index (Phi) is 5.29. The molecule has 0 amide bonds. The van der Waals surface area contributed by atoms with E-state index in [1.165, 1.54) is 6.07 Å². The van der Waals surface area contributed by atoms with Gasteiger partial charge in [-0.05, 0) is 36.5 Å². The third-order valence-electron chi connectivity index (χ3n) is 3.35. The maximum absolute atomic E-state index is 12.7. The fraction of sp³-hybridized carbons (Fsp3) is 0.571. The van der Waals surface area contributed by atoms with Gasteiger partial charge in [0.1, 0.15) is 0 Å². The second-order valence-corrected chi connectivity index (χ2v) is 5.43. The van der Waals surface area contributed by atoms with Crippen LogP contribution in [0, 0.1) is 5.92 Å². The molecule has 1 aliphatic heterocycles. The molecule has 1 N–H and O–H groups in total. The van der Waals surface area contributed by atoms with Crippen LogP contribution in [0.1, 0.15) is 24.0 Å². The van der Waals surface area contributed by atoms with Crippen molar-refractivity contribution in [1.82, 2.24) is 5.32 Å². The summed E-state index contributed by atoms with van der Waals surface area (Å²) in [6.45, 7) is 2.69. The van der Waals surface area contributed by atoms with Gasteiger partial charge in [-0.25, -0.2) is 0 Å². The fourth-order valence-electron chi connectivity index (χ4n) is 2.29. The third-order valence-corrected chi connectivity index (χ3v) is 3.68. The van der Waals surface area contributed by atoms with Gasteiger partial charge in [0.2, 0.25) is 0 Å². The lowest BCUT2D eigenvalue weighted by atomic mass is 10.0. The van der Waals surface area contributed by atoms with Gasteiger partial charge < -0.3 is 10.1 Å². The Bertz CT molecular complexity index is 445. The van der Waals surface area contributed by atoms with E-state index in [4.69, 9.17) is 16.3 Å². The zero-order valence-corrected chi connectivity index (χ0v) is 11.7. The van der Waals surface area contributed by atoms with Gasteiger partial charge in [-0.15, -0.1) is 0 Å². The van der Waals surface area contributed by atoms with E-state index in [0.717, 1.165) is 38.7 Å². The normalized spacial score (nSPS) is 20.1. The molecule has 0 saturated carbocycles. The number of benzene rings is 1. The molecule has 20 heavy (non-hydrogen) atoms. The summed E-state index contributed by atoms with van der Waals surface area (Å²) in [5.74, 6) is 0.443. The van der Waals surface area contributed by atoms with E-state index in [-0.39, 0.29) is 5.02 Å². The Morgan fingerprint density at radius 3 is 2.80 bits per heavy atom. The van der Waals surface area contributed by atoms with Crippen molar-refractivity contribution in [3.63, 3.8) is 0 Å². The quantitative estimate of drug-likeness (QED) is 0.911. The van der Waals surface area contributed by atoms with Gasteiger partial charge in [0.15, 0.2) is 0 Å². The molecule has 1 saturated heterocycles. The maximum Gasteiger partial charge on any atom is 0.417 e. The minimum Gasteiger partial charge on any atom is -0.381 e. The van der Waals surface area contributed by atoms with Gasteiger partial charge >= 0.3 is 6.18 Å². The van der Waals surface area contributed by atoms with Crippen LogP contribution >= 0.6 is 11.6 Å². The predicted octanol–water partition coefficient (Wildman–Crippen LogP) is 3.88. The average molecular weight is 308 g/mol. The summed E-state index contributed by atoms with van der Waals surface area (Å²) in [5.41, 5.74) is -0.196. The van der Waals surface area contributed by atoms with Crippen LogP contribution in [-0.2, 0) is 17.5 Å². The number of hydrogen-bond donors (Lipinski definition) is 1. The molecule has 2 rings (SSSR count). The molecule has 1 unspecified atom stereocenters. The zero-order valence-electron chi connectivity index (χ0n) is 11.0. The molecule has 0 bridgehead atoms. The highest BCUT2D eigenvalue weighted by molar-refractivity contribution is 6.31. The Morgan fingerprint density at radius 2 is 2.15 bits per heavy atom. The number of ether oxygens (including phenoxy) is 1. The van der Waals surface area contributed by atoms with Gasteiger partial charge in [-0.3, -0.25) is 0 Å². The summed E-state index contributed by atoms with van der Waals surface area (Å²) < 4.78 is 43.5. The van der Waals surface area contributed by atoms with E-state index in [1.54, 1.807) is 6.07 Å². The molecule has 1 atom stereocenters. The Labute approximate surface area is 121 Å². The van der Waals surface area contributed by atoms with Crippen LogP contribution in [0.4, 0.5) is 13.2 Å². The monoisotopic (exact) mass is 307 g/mol. The second-order valence-electron chi connectivity index (χ2n) is 5.03. The van der Waals surface area contributed by atoms with E-state index in [1.807, 2.05) is 0 Å². The minimum absolute atomic E-state index is 0.262. The molecule has 1 fully saturated rings. The largest absolute Gasteiger partial charge is 0.417 e. The maximum atomic E-state index is 12.7. The molecule has 1 aromatic rings. The highest BCUT2D eigenvalue weighted by atomic mass is 35.5. The standard InChI is InChI=1S/C14H17ClF3NO/c15-13-4-3-10(6-12(13)14(16,17)18)7-19-8-11-2-1-5-20-9-11/h3-4,6,11,19H,1-2,5,7-9H2. The molecule has 6 heteroatoms.